The van der Waals surface area contributed by atoms with Crippen molar-refractivity contribution in [1.82, 2.24) is 15.0 Å². The summed E-state index contributed by atoms with van der Waals surface area (Å²) in [5.74, 6) is 0. The molecule has 4 rings (SSSR count). The Morgan fingerprint density at radius 2 is 1.71 bits per heavy atom. The van der Waals surface area contributed by atoms with E-state index >= 15 is 0 Å². The van der Waals surface area contributed by atoms with Gasteiger partial charge in [-0.25, -0.2) is 4.68 Å². The molecule has 1 aromatic heterocycles. The van der Waals surface area contributed by atoms with Crippen LogP contribution in [0.25, 0.3) is 0 Å². The number of rotatable bonds is 1. The number of hydrogen-bond donors (Lipinski definition) is 1. The smallest absolute Gasteiger partial charge is 0.0693 e. The third kappa shape index (κ3) is 1.03. The predicted octanol–water partition coefficient (Wildman–Crippen LogP) is 1.07. The third-order valence-electron chi connectivity index (χ3n) is 4.08. The minimum Gasteiger partial charge on any atom is -0.390 e. The van der Waals surface area contributed by atoms with E-state index in [-0.39, 0.29) is 11.1 Å². The normalized spacial score (nSPS) is 41.5. The Labute approximate surface area is 82.9 Å². The highest BCUT2D eigenvalue weighted by molar-refractivity contribution is 5.02. The van der Waals surface area contributed by atoms with E-state index in [4.69, 9.17) is 0 Å². The van der Waals surface area contributed by atoms with Crippen molar-refractivity contribution in [3.8, 4) is 0 Å². The van der Waals surface area contributed by atoms with Gasteiger partial charge in [0.15, 0.2) is 0 Å². The number of aromatic nitrogens is 3. The number of aliphatic hydroxyl groups is 1. The molecule has 3 fully saturated rings. The first kappa shape index (κ1) is 8.41. The molecule has 0 amide bonds. The molecule has 1 N–H and O–H groups in total. The summed E-state index contributed by atoms with van der Waals surface area (Å²) in [4.78, 5) is 0. The van der Waals surface area contributed by atoms with Gasteiger partial charge in [0.1, 0.15) is 0 Å². The van der Waals surface area contributed by atoms with Crippen LogP contribution in [0.5, 0.6) is 0 Å². The van der Waals surface area contributed by atoms with Crippen molar-refractivity contribution in [2.24, 2.45) is 0 Å². The maximum absolute atomic E-state index is 10.1. The van der Waals surface area contributed by atoms with Crippen LogP contribution in [0.3, 0.4) is 0 Å². The van der Waals surface area contributed by atoms with Crippen molar-refractivity contribution < 1.29 is 5.11 Å². The molecule has 4 heteroatoms. The Kier molecular flexibility index (Phi) is 1.54. The van der Waals surface area contributed by atoms with E-state index < -0.39 is 0 Å². The lowest BCUT2D eigenvalue weighted by atomic mass is 9.63. The molecule has 0 aromatic carbocycles. The highest BCUT2D eigenvalue weighted by Gasteiger charge is 2.49. The van der Waals surface area contributed by atoms with Gasteiger partial charge >= 0.3 is 0 Å². The van der Waals surface area contributed by atoms with Crippen LogP contribution in [0.1, 0.15) is 38.5 Å². The fourth-order valence-corrected chi connectivity index (χ4v) is 2.95. The van der Waals surface area contributed by atoms with Crippen molar-refractivity contribution in [1.29, 1.82) is 0 Å². The van der Waals surface area contributed by atoms with E-state index in [0.29, 0.717) is 0 Å². The van der Waals surface area contributed by atoms with Gasteiger partial charge in [0.25, 0.3) is 0 Å². The molecule has 3 saturated carbocycles. The van der Waals surface area contributed by atoms with Crippen LogP contribution in [-0.2, 0) is 5.54 Å². The first-order valence-electron chi connectivity index (χ1n) is 5.32. The first-order chi connectivity index (χ1) is 6.73. The Balaban J connectivity index is 1.93. The lowest BCUT2D eigenvalue weighted by Crippen LogP contribution is -2.51. The number of nitrogens with zero attached hydrogens (tertiary/aromatic N) is 3. The molecule has 76 valence electrons. The molecule has 0 saturated heterocycles. The molecule has 2 bridgehead atoms. The minimum absolute atomic E-state index is 0.168. The molecule has 1 aromatic rings. The number of hydrogen-bond acceptors (Lipinski definition) is 3. The Morgan fingerprint density at radius 1 is 1.07 bits per heavy atom. The molecular formula is C10H15N3O. The van der Waals surface area contributed by atoms with E-state index in [1.165, 1.54) is 0 Å². The molecule has 0 radical (unpaired) electrons. The quantitative estimate of drug-likeness (QED) is 0.726. The van der Waals surface area contributed by atoms with Crippen molar-refractivity contribution in [2.45, 2.75) is 49.7 Å². The molecule has 14 heavy (non-hydrogen) atoms. The topological polar surface area (TPSA) is 50.9 Å². The minimum atomic E-state index is -0.359. The summed E-state index contributed by atoms with van der Waals surface area (Å²) in [5.41, 5.74) is -0.191. The Bertz CT molecular complexity index is 309. The van der Waals surface area contributed by atoms with E-state index in [9.17, 15) is 5.11 Å². The highest BCUT2D eigenvalue weighted by atomic mass is 16.3. The van der Waals surface area contributed by atoms with Crippen LogP contribution < -0.4 is 0 Å². The standard InChI is InChI=1S/C10H15N3O/c14-10-4-1-9(2-5-10,3-6-10)13-8-7-11-12-13/h7-8,14H,1-6H2. The SMILES string of the molecule is OC12CCC(n3ccnn3)(CC1)CC2. The van der Waals surface area contributed by atoms with Crippen molar-refractivity contribution >= 4 is 0 Å². The summed E-state index contributed by atoms with van der Waals surface area (Å²) in [5, 5.41) is 18.1. The molecule has 0 aliphatic heterocycles. The number of fused-ring (bicyclic) bond motifs is 3. The summed E-state index contributed by atoms with van der Waals surface area (Å²) >= 11 is 0. The Hall–Kier alpha value is -0.900. The van der Waals surface area contributed by atoms with Crippen molar-refractivity contribution in [3.05, 3.63) is 12.4 Å². The lowest BCUT2D eigenvalue weighted by Gasteiger charge is -2.50. The van der Waals surface area contributed by atoms with E-state index in [0.717, 1.165) is 38.5 Å². The van der Waals surface area contributed by atoms with Crippen LogP contribution in [0.15, 0.2) is 12.4 Å². The fourth-order valence-electron chi connectivity index (χ4n) is 2.95. The molecule has 3 aliphatic rings. The van der Waals surface area contributed by atoms with E-state index in [1.54, 1.807) is 6.20 Å². The lowest BCUT2D eigenvalue weighted by molar-refractivity contribution is -0.0895. The molecule has 0 spiro atoms. The average Bonchev–Trinajstić information content (AvgIpc) is 2.73. The zero-order valence-corrected chi connectivity index (χ0v) is 8.19. The maximum atomic E-state index is 10.1. The van der Waals surface area contributed by atoms with Gasteiger partial charge in [-0.3, -0.25) is 0 Å². The molecule has 1 heterocycles. The van der Waals surface area contributed by atoms with Gasteiger partial charge in [-0.1, -0.05) is 5.21 Å². The third-order valence-corrected chi connectivity index (χ3v) is 4.08. The maximum Gasteiger partial charge on any atom is 0.0693 e. The monoisotopic (exact) mass is 193 g/mol. The highest BCUT2D eigenvalue weighted by Crippen LogP contribution is 2.50. The zero-order valence-electron chi connectivity index (χ0n) is 8.19. The molecule has 0 atom stereocenters. The summed E-state index contributed by atoms with van der Waals surface area (Å²) in [7, 11) is 0. The fraction of sp³-hybridized carbons (Fsp3) is 0.800. The van der Waals surface area contributed by atoms with Crippen LogP contribution >= 0.6 is 0 Å². The van der Waals surface area contributed by atoms with Gasteiger partial charge in [-0.2, -0.15) is 0 Å². The van der Waals surface area contributed by atoms with E-state index in [1.807, 2.05) is 10.9 Å². The van der Waals surface area contributed by atoms with Gasteiger partial charge in [0.05, 0.1) is 17.3 Å². The summed E-state index contributed by atoms with van der Waals surface area (Å²) in [6.07, 6.45) is 9.61. The van der Waals surface area contributed by atoms with Gasteiger partial charge in [-0.15, -0.1) is 5.10 Å². The summed E-state index contributed by atoms with van der Waals surface area (Å²) in [6.45, 7) is 0. The van der Waals surface area contributed by atoms with Gasteiger partial charge < -0.3 is 5.11 Å². The van der Waals surface area contributed by atoms with Gasteiger partial charge in [0.2, 0.25) is 0 Å². The van der Waals surface area contributed by atoms with Crippen molar-refractivity contribution in [2.75, 3.05) is 0 Å². The first-order valence-corrected chi connectivity index (χ1v) is 5.32. The molecule has 0 unspecified atom stereocenters. The average molecular weight is 193 g/mol. The second-order valence-electron chi connectivity index (χ2n) is 4.80. The second kappa shape index (κ2) is 2.57. The van der Waals surface area contributed by atoms with Gasteiger partial charge in [0, 0.05) is 6.20 Å². The van der Waals surface area contributed by atoms with Crippen LogP contribution in [0.4, 0.5) is 0 Å². The van der Waals surface area contributed by atoms with Crippen molar-refractivity contribution in [3.63, 3.8) is 0 Å². The summed E-state index contributed by atoms with van der Waals surface area (Å²) in [6, 6.07) is 0. The summed E-state index contributed by atoms with van der Waals surface area (Å²) < 4.78 is 2.01. The Morgan fingerprint density at radius 3 is 2.21 bits per heavy atom. The zero-order chi connectivity index (χ0) is 9.65. The molecule has 3 aliphatic carbocycles. The molecule has 4 nitrogen and oxygen atoms in total. The van der Waals surface area contributed by atoms with E-state index in [2.05, 4.69) is 10.3 Å². The van der Waals surface area contributed by atoms with Gasteiger partial charge in [-0.05, 0) is 38.5 Å². The predicted molar refractivity (Wildman–Crippen MR) is 50.6 cm³/mol. The van der Waals surface area contributed by atoms with Crippen LogP contribution in [0, 0.1) is 0 Å². The largest absolute Gasteiger partial charge is 0.390 e. The van der Waals surface area contributed by atoms with Crippen LogP contribution in [-0.4, -0.2) is 25.7 Å². The molecular weight excluding hydrogens is 178 g/mol. The second-order valence-corrected chi connectivity index (χ2v) is 4.80. The van der Waals surface area contributed by atoms with Crippen LogP contribution in [0.2, 0.25) is 0 Å².